The molecule has 0 aliphatic carbocycles. The summed E-state index contributed by atoms with van der Waals surface area (Å²) in [5.41, 5.74) is 0.825. The summed E-state index contributed by atoms with van der Waals surface area (Å²) in [5, 5.41) is 32.4. The Morgan fingerprint density at radius 3 is 2.53 bits per heavy atom. The molecule has 4 N–H and O–H groups in total. The van der Waals surface area contributed by atoms with Crippen LogP contribution in [0.4, 0.5) is 5.69 Å². The highest BCUT2D eigenvalue weighted by Gasteiger charge is 2.05. The van der Waals surface area contributed by atoms with Gasteiger partial charge in [-0.1, -0.05) is 24.3 Å². The molecule has 0 spiro atoms. The average Bonchev–Trinajstić information content (AvgIpc) is 2.36. The Balaban J connectivity index is 2.31. The minimum Gasteiger partial charge on any atom is -0.507 e. The molecule has 0 aliphatic heterocycles. The molecule has 0 saturated carbocycles. The van der Waals surface area contributed by atoms with Crippen molar-refractivity contribution in [2.75, 3.05) is 18.5 Å². The highest BCUT2D eigenvalue weighted by atomic mass is 16.3. The van der Waals surface area contributed by atoms with Crippen LogP contribution >= 0.6 is 0 Å². The second-order valence-electron chi connectivity index (χ2n) is 3.90. The summed E-state index contributed by atoms with van der Waals surface area (Å²) in [6.07, 6.45) is -0.789. The zero-order chi connectivity index (χ0) is 12.3. The maximum absolute atomic E-state index is 9.70. The molecule has 90 valence electrons. The lowest BCUT2D eigenvalue weighted by Crippen LogP contribution is -2.22. The Kier molecular flexibility index (Phi) is 3.46. The van der Waals surface area contributed by atoms with Crippen LogP contribution in [0.3, 0.4) is 0 Å². The molecule has 0 radical (unpaired) electrons. The fraction of sp³-hybridized carbons (Fsp3) is 0.231. The van der Waals surface area contributed by atoms with E-state index in [4.69, 9.17) is 5.11 Å². The van der Waals surface area contributed by atoms with E-state index in [0.29, 0.717) is 0 Å². The molecule has 2 aromatic rings. The first-order chi connectivity index (χ1) is 8.22. The van der Waals surface area contributed by atoms with E-state index in [0.717, 1.165) is 16.5 Å². The van der Waals surface area contributed by atoms with Crippen LogP contribution in [0.25, 0.3) is 10.8 Å². The summed E-state index contributed by atoms with van der Waals surface area (Å²) in [6.45, 7) is -0.00567. The number of phenols is 1. The molecule has 0 bridgehead atoms. The molecule has 1 atom stereocenters. The van der Waals surface area contributed by atoms with Gasteiger partial charge in [-0.05, 0) is 12.1 Å². The first-order valence-electron chi connectivity index (χ1n) is 5.46. The number of anilines is 1. The number of hydrogen-bond donors (Lipinski definition) is 4. The molecule has 4 nitrogen and oxygen atoms in total. The quantitative estimate of drug-likeness (QED) is 0.642. The van der Waals surface area contributed by atoms with E-state index < -0.39 is 6.10 Å². The van der Waals surface area contributed by atoms with Crippen LogP contribution in [0.1, 0.15) is 0 Å². The highest BCUT2D eigenvalue weighted by molar-refractivity contribution is 5.97. The number of benzene rings is 2. The smallest absolute Gasteiger partial charge is 0.123 e. The van der Waals surface area contributed by atoms with Crippen molar-refractivity contribution in [3.8, 4) is 5.75 Å². The minimum absolute atomic E-state index is 0.230. The van der Waals surface area contributed by atoms with Gasteiger partial charge in [0.1, 0.15) is 5.75 Å². The molecule has 2 aromatic carbocycles. The molecule has 0 saturated heterocycles. The van der Waals surface area contributed by atoms with Gasteiger partial charge in [0.05, 0.1) is 12.7 Å². The Bertz CT molecular complexity index is 513. The fourth-order valence-electron chi connectivity index (χ4n) is 1.74. The number of fused-ring (bicyclic) bond motifs is 1. The molecule has 0 fully saturated rings. The van der Waals surface area contributed by atoms with E-state index in [-0.39, 0.29) is 18.9 Å². The van der Waals surface area contributed by atoms with E-state index in [2.05, 4.69) is 5.32 Å². The molecule has 0 aromatic heterocycles. The Hall–Kier alpha value is -1.78. The van der Waals surface area contributed by atoms with Crippen molar-refractivity contribution in [2.24, 2.45) is 0 Å². The lowest BCUT2D eigenvalue weighted by molar-refractivity contribution is 0.105. The maximum Gasteiger partial charge on any atom is 0.123 e. The van der Waals surface area contributed by atoms with Gasteiger partial charge in [-0.3, -0.25) is 0 Å². The molecule has 0 amide bonds. The number of aliphatic hydroxyl groups excluding tert-OH is 2. The molecule has 2 rings (SSSR count). The van der Waals surface area contributed by atoms with Crippen molar-refractivity contribution in [3.05, 3.63) is 36.4 Å². The Morgan fingerprint density at radius 1 is 1.06 bits per heavy atom. The third-order valence-electron chi connectivity index (χ3n) is 2.64. The second kappa shape index (κ2) is 5.03. The van der Waals surface area contributed by atoms with E-state index in [1.165, 1.54) is 0 Å². The molecule has 4 heteroatoms. The van der Waals surface area contributed by atoms with E-state index in [1.807, 2.05) is 24.3 Å². The van der Waals surface area contributed by atoms with Crippen LogP contribution in [0.15, 0.2) is 36.4 Å². The zero-order valence-electron chi connectivity index (χ0n) is 9.30. The molecular formula is C13H15NO3. The number of aromatic hydroxyl groups is 1. The second-order valence-corrected chi connectivity index (χ2v) is 3.90. The number of aliphatic hydroxyl groups is 2. The van der Waals surface area contributed by atoms with Crippen LogP contribution in [0.5, 0.6) is 5.75 Å². The summed E-state index contributed by atoms with van der Waals surface area (Å²) in [4.78, 5) is 0. The SMILES string of the molecule is OCC(O)CNc1cccc2c(O)cccc12. The normalized spacial score (nSPS) is 12.6. The topological polar surface area (TPSA) is 72.7 Å². The van der Waals surface area contributed by atoms with Gasteiger partial charge in [0.15, 0.2) is 0 Å². The standard InChI is InChI=1S/C13H15NO3/c15-8-9(16)7-14-12-5-1-4-11-10(12)3-2-6-13(11)17/h1-6,9,14-17H,7-8H2. The van der Waals surface area contributed by atoms with Crippen LogP contribution in [0, 0.1) is 0 Å². The monoisotopic (exact) mass is 233 g/mol. The van der Waals surface area contributed by atoms with E-state index in [9.17, 15) is 10.2 Å². The van der Waals surface area contributed by atoms with Crippen molar-refractivity contribution in [3.63, 3.8) is 0 Å². The first kappa shape index (κ1) is 11.7. The van der Waals surface area contributed by atoms with Crippen LogP contribution < -0.4 is 5.32 Å². The highest BCUT2D eigenvalue weighted by Crippen LogP contribution is 2.29. The van der Waals surface area contributed by atoms with Gasteiger partial charge in [0, 0.05) is 23.0 Å². The molecule has 0 heterocycles. The third kappa shape index (κ3) is 2.49. The van der Waals surface area contributed by atoms with E-state index in [1.54, 1.807) is 12.1 Å². The van der Waals surface area contributed by atoms with E-state index >= 15 is 0 Å². The van der Waals surface area contributed by atoms with Crippen molar-refractivity contribution >= 4 is 16.5 Å². The van der Waals surface area contributed by atoms with Gasteiger partial charge in [-0.2, -0.15) is 0 Å². The van der Waals surface area contributed by atoms with Crippen LogP contribution in [-0.4, -0.2) is 34.6 Å². The number of hydrogen-bond acceptors (Lipinski definition) is 4. The number of phenolic OH excluding ortho intramolecular Hbond substituents is 1. The van der Waals surface area contributed by atoms with Crippen LogP contribution in [0.2, 0.25) is 0 Å². The van der Waals surface area contributed by atoms with Gasteiger partial charge in [0.2, 0.25) is 0 Å². The van der Waals surface area contributed by atoms with Crippen molar-refractivity contribution in [2.45, 2.75) is 6.10 Å². The third-order valence-corrected chi connectivity index (χ3v) is 2.64. The molecule has 0 aliphatic rings. The summed E-state index contributed by atoms with van der Waals surface area (Å²) in [7, 11) is 0. The lowest BCUT2D eigenvalue weighted by Gasteiger charge is -2.12. The van der Waals surface area contributed by atoms with Gasteiger partial charge in [-0.15, -0.1) is 0 Å². The predicted octanol–water partition coefficient (Wildman–Crippen LogP) is 1.31. The largest absolute Gasteiger partial charge is 0.507 e. The maximum atomic E-state index is 9.70. The number of rotatable bonds is 4. The molecule has 17 heavy (non-hydrogen) atoms. The van der Waals surface area contributed by atoms with Gasteiger partial charge >= 0.3 is 0 Å². The zero-order valence-corrected chi connectivity index (χ0v) is 9.30. The molecular weight excluding hydrogens is 218 g/mol. The van der Waals surface area contributed by atoms with Gasteiger partial charge in [0.25, 0.3) is 0 Å². The summed E-state index contributed by atoms with van der Waals surface area (Å²) >= 11 is 0. The van der Waals surface area contributed by atoms with Crippen molar-refractivity contribution < 1.29 is 15.3 Å². The summed E-state index contributed by atoms with van der Waals surface area (Å²) in [6, 6.07) is 10.8. The molecule has 1 unspecified atom stereocenters. The van der Waals surface area contributed by atoms with Gasteiger partial charge < -0.3 is 20.6 Å². The Morgan fingerprint density at radius 2 is 1.76 bits per heavy atom. The fourth-order valence-corrected chi connectivity index (χ4v) is 1.74. The lowest BCUT2D eigenvalue weighted by atomic mass is 10.1. The van der Waals surface area contributed by atoms with Crippen molar-refractivity contribution in [1.29, 1.82) is 0 Å². The summed E-state index contributed by atoms with van der Waals surface area (Å²) in [5.74, 6) is 0.230. The van der Waals surface area contributed by atoms with Crippen molar-refractivity contribution in [1.82, 2.24) is 0 Å². The Labute approximate surface area is 99.1 Å². The predicted molar refractivity (Wildman–Crippen MR) is 67.2 cm³/mol. The summed E-state index contributed by atoms with van der Waals surface area (Å²) < 4.78 is 0. The minimum atomic E-state index is -0.789. The van der Waals surface area contributed by atoms with Crippen LogP contribution in [-0.2, 0) is 0 Å². The number of nitrogens with one attached hydrogen (secondary N) is 1. The average molecular weight is 233 g/mol. The van der Waals surface area contributed by atoms with Gasteiger partial charge in [-0.25, -0.2) is 0 Å². The first-order valence-corrected chi connectivity index (χ1v) is 5.46.